The van der Waals surface area contributed by atoms with Crippen molar-refractivity contribution in [3.05, 3.63) is 22.7 Å². The number of benzene rings is 1. The molecule has 0 spiro atoms. The van der Waals surface area contributed by atoms with Gasteiger partial charge in [0.15, 0.2) is 5.75 Å². The summed E-state index contributed by atoms with van der Waals surface area (Å²) in [5, 5.41) is 6.16. The molecule has 0 aromatic heterocycles. The molecule has 1 aromatic carbocycles. The van der Waals surface area contributed by atoms with Crippen molar-refractivity contribution < 1.29 is 17.9 Å². The van der Waals surface area contributed by atoms with E-state index in [0.717, 1.165) is 0 Å². The maximum atomic E-state index is 12.3. The van der Waals surface area contributed by atoms with E-state index >= 15 is 0 Å². The minimum atomic E-state index is -4.71. The van der Waals surface area contributed by atoms with E-state index in [1.54, 1.807) is 12.1 Å². The molecule has 1 rings (SSSR count). The number of ether oxygens (including phenoxy) is 1. The predicted octanol–water partition coefficient (Wildman–Crippen LogP) is 4.15. The van der Waals surface area contributed by atoms with Gasteiger partial charge in [-0.3, -0.25) is 0 Å². The molecular weight excluding hydrogens is 337 g/mol. The summed E-state index contributed by atoms with van der Waals surface area (Å²) in [4.78, 5) is 0. The van der Waals surface area contributed by atoms with Gasteiger partial charge >= 0.3 is 6.36 Å². The van der Waals surface area contributed by atoms with Crippen molar-refractivity contribution >= 4 is 21.6 Å². The maximum absolute atomic E-state index is 12.3. The van der Waals surface area contributed by atoms with Crippen molar-refractivity contribution in [2.24, 2.45) is 0 Å². The molecule has 0 saturated heterocycles. The van der Waals surface area contributed by atoms with Crippen LogP contribution in [-0.2, 0) is 0 Å². The van der Waals surface area contributed by atoms with Gasteiger partial charge < -0.3 is 15.4 Å². The zero-order chi connectivity index (χ0) is 15.4. The highest BCUT2D eigenvalue weighted by Crippen LogP contribution is 2.32. The molecule has 20 heavy (non-hydrogen) atoms. The number of hydrogen-bond acceptors (Lipinski definition) is 3. The van der Waals surface area contributed by atoms with Crippen molar-refractivity contribution in [1.29, 1.82) is 0 Å². The number of halogens is 4. The van der Waals surface area contributed by atoms with Gasteiger partial charge in [-0.2, -0.15) is 0 Å². The van der Waals surface area contributed by atoms with E-state index in [9.17, 15) is 13.2 Å². The first kappa shape index (κ1) is 17.1. The van der Waals surface area contributed by atoms with E-state index in [0.29, 0.717) is 23.2 Å². The van der Waals surface area contributed by atoms with E-state index < -0.39 is 6.36 Å². The molecule has 0 saturated carbocycles. The zero-order valence-corrected chi connectivity index (χ0v) is 13.2. The minimum absolute atomic E-state index is 0.0350. The van der Waals surface area contributed by atoms with Crippen LogP contribution in [0.5, 0.6) is 5.75 Å². The third-order valence-electron chi connectivity index (χ3n) is 2.27. The summed E-state index contributed by atoms with van der Waals surface area (Å²) in [7, 11) is 0. The molecular formula is C13H18BrF3N2O. The molecule has 0 bridgehead atoms. The second kappa shape index (κ2) is 6.67. The number of alkyl halides is 3. The monoisotopic (exact) mass is 354 g/mol. The highest BCUT2D eigenvalue weighted by molar-refractivity contribution is 9.10. The lowest BCUT2D eigenvalue weighted by Crippen LogP contribution is -2.38. The first-order chi connectivity index (χ1) is 9.07. The van der Waals surface area contributed by atoms with E-state index in [1.165, 1.54) is 6.07 Å². The van der Waals surface area contributed by atoms with Crippen molar-refractivity contribution in [3.8, 4) is 5.75 Å². The molecule has 0 heterocycles. The summed E-state index contributed by atoms with van der Waals surface area (Å²) >= 11 is 3.12. The van der Waals surface area contributed by atoms with Crippen LogP contribution in [0.25, 0.3) is 0 Å². The third-order valence-corrected chi connectivity index (χ3v) is 2.76. The highest BCUT2D eigenvalue weighted by Gasteiger charge is 2.32. The molecule has 0 amide bonds. The summed E-state index contributed by atoms with van der Waals surface area (Å²) in [6.07, 6.45) is -4.71. The predicted molar refractivity (Wildman–Crippen MR) is 77.1 cm³/mol. The van der Waals surface area contributed by atoms with Crippen LogP contribution in [0.2, 0.25) is 0 Å². The fourth-order valence-electron chi connectivity index (χ4n) is 1.49. The van der Waals surface area contributed by atoms with Crippen LogP contribution in [0.4, 0.5) is 18.9 Å². The Kier molecular flexibility index (Phi) is 5.70. The Balaban J connectivity index is 2.65. The largest absolute Gasteiger partial charge is 0.573 e. The van der Waals surface area contributed by atoms with Crippen molar-refractivity contribution in [2.75, 3.05) is 18.4 Å². The molecule has 114 valence electrons. The quantitative estimate of drug-likeness (QED) is 0.779. The fraction of sp³-hybridized carbons (Fsp3) is 0.538. The van der Waals surface area contributed by atoms with E-state index in [1.807, 2.05) is 20.8 Å². The lowest BCUT2D eigenvalue weighted by atomic mass is 10.1. The van der Waals surface area contributed by atoms with Crippen molar-refractivity contribution in [1.82, 2.24) is 5.32 Å². The van der Waals surface area contributed by atoms with Gasteiger partial charge in [-0.25, -0.2) is 0 Å². The van der Waals surface area contributed by atoms with Gasteiger partial charge in [0.2, 0.25) is 0 Å². The van der Waals surface area contributed by atoms with Gasteiger partial charge in [-0.15, -0.1) is 13.2 Å². The van der Waals surface area contributed by atoms with Gasteiger partial charge in [-0.05, 0) is 39.0 Å². The molecule has 0 aliphatic carbocycles. The lowest BCUT2D eigenvalue weighted by Gasteiger charge is -2.21. The summed E-state index contributed by atoms with van der Waals surface area (Å²) in [5.41, 5.74) is 0.272. The maximum Gasteiger partial charge on any atom is 0.573 e. The highest BCUT2D eigenvalue weighted by atomic mass is 79.9. The summed E-state index contributed by atoms with van der Waals surface area (Å²) < 4.78 is 41.5. The van der Waals surface area contributed by atoms with Gasteiger partial charge in [-0.1, -0.05) is 15.9 Å². The van der Waals surface area contributed by atoms with Crippen LogP contribution in [0.15, 0.2) is 22.7 Å². The SMILES string of the molecule is CC(C)(C)NCCNc1ccc(Br)cc1OC(F)(F)F. The van der Waals surface area contributed by atoms with Gasteiger partial charge in [0.25, 0.3) is 0 Å². The Morgan fingerprint density at radius 1 is 1.15 bits per heavy atom. The Hall–Kier alpha value is -0.950. The zero-order valence-electron chi connectivity index (χ0n) is 11.6. The van der Waals surface area contributed by atoms with Crippen LogP contribution in [0.1, 0.15) is 20.8 Å². The van der Waals surface area contributed by atoms with E-state index in [2.05, 4.69) is 31.3 Å². The first-order valence-electron chi connectivity index (χ1n) is 6.11. The fourth-order valence-corrected chi connectivity index (χ4v) is 1.83. The number of hydrogen-bond donors (Lipinski definition) is 2. The lowest BCUT2D eigenvalue weighted by molar-refractivity contribution is -0.274. The van der Waals surface area contributed by atoms with Crippen molar-refractivity contribution in [3.63, 3.8) is 0 Å². The average molecular weight is 355 g/mol. The number of rotatable bonds is 5. The van der Waals surface area contributed by atoms with Crippen LogP contribution in [0.3, 0.4) is 0 Å². The molecule has 3 nitrogen and oxygen atoms in total. The average Bonchev–Trinajstić information content (AvgIpc) is 2.23. The molecule has 0 fully saturated rings. The summed E-state index contributed by atoms with van der Waals surface area (Å²) in [6.45, 7) is 7.18. The third kappa shape index (κ3) is 7.00. The molecule has 7 heteroatoms. The Morgan fingerprint density at radius 3 is 2.35 bits per heavy atom. The molecule has 0 aliphatic heterocycles. The van der Waals surface area contributed by atoms with Crippen LogP contribution in [0, 0.1) is 0 Å². The van der Waals surface area contributed by atoms with Crippen LogP contribution in [-0.4, -0.2) is 25.0 Å². The number of nitrogens with one attached hydrogen (secondary N) is 2. The molecule has 0 unspecified atom stereocenters. The molecule has 1 aromatic rings. The number of anilines is 1. The van der Waals surface area contributed by atoms with Crippen molar-refractivity contribution in [2.45, 2.75) is 32.7 Å². The standard InChI is InChI=1S/C13H18BrF3N2O/c1-12(2,3)19-7-6-18-10-5-4-9(14)8-11(10)20-13(15,16)17/h4-5,8,18-19H,6-7H2,1-3H3. The second-order valence-electron chi connectivity index (χ2n) is 5.29. The normalized spacial score (nSPS) is 12.3. The summed E-state index contributed by atoms with van der Waals surface area (Å²) in [6, 6.07) is 4.48. The molecule has 2 N–H and O–H groups in total. The Morgan fingerprint density at radius 2 is 1.80 bits per heavy atom. The first-order valence-corrected chi connectivity index (χ1v) is 6.90. The minimum Gasteiger partial charge on any atom is -0.404 e. The topological polar surface area (TPSA) is 33.3 Å². The smallest absolute Gasteiger partial charge is 0.404 e. The van der Waals surface area contributed by atoms with Gasteiger partial charge in [0, 0.05) is 23.1 Å². The van der Waals surface area contributed by atoms with Crippen LogP contribution >= 0.6 is 15.9 Å². The van der Waals surface area contributed by atoms with Gasteiger partial charge in [0.1, 0.15) is 0 Å². The van der Waals surface area contributed by atoms with Crippen LogP contribution < -0.4 is 15.4 Å². The molecule has 0 radical (unpaired) electrons. The van der Waals surface area contributed by atoms with E-state index in [4.69, 9.17) is 0 Å². The summed E-state index contributed by atoms with van der Waals surface area (Å²) in [5.74, 6) is -0.248. The Labute approximate surface area is 125 Å². The second-order valence-corrected chi connectivity index (χ2v) is 6.21. The Bertz CT molecular complexity index is 444. The van der Waals surface area contributed by atoms with Gasteiger partial charge in [0.05, 0.1) is 5.69 Å². The molecule has 0 aliphatic rings. The molecule has 0 atom stereocenters. The van der Waals surface area contributed by atoms with E-state index in [-0.39, 0.29) is 11.3 Å².